The molecule has 1 rings (SSSR count). The maximum absolute atomic E-state index is 11.9. The molecule has 0 saturated heterocycles. The number of amides is 1. The molecule has 0 heterocycles. The van der Waals surface area contributed by atoms with Gasteiger partial charge in [-0.3, -0.25) is 4.79 Å². The molecule has 3 N–H and O–H groups in total. The number of carbonyl (C=O) groups is 1. The van der Waals surface area contributed by atoms with Crippen molar-refractivity contribution in [3.63, 3.8) is 0 Å². The fourth-order valence-corrected chi connectivity index (χ4v) is 2.41. The minimum absolute atomic E-state index is 0.0567. The first kappa shape index (κ1) is 15.6. The molecule has 0 bridgehead atoms. The quantitative estimate of drug-likeness (QED) is 0.694. The van der Waals surface area contributed by atoms with Crippen molar-refractivity contribution in [1.29, 1.82) is 0 Å². The summed E-state index contributed by atoms with van der Waals surface area (Å²) in [5.41, 5.74) is 0.627. The third-order valence-electron chi connectivity index (χ3n) is 2.47. The van der Waals surface area contributed by atoms with Gasteiger partial charge in [-0.05, 0) is 31.5 Å². The molecule has 1 aromatic rings. The summed E-state index contributed by atoms with van der Waals surface area (Å²) < 4.78 is 25.9. The zero-order valence-corrected chi connectivity index (χ0v) is 11.7. The van der Waals surface area contributed by atoms with Crippen molar-refractivity contribution in [3.8, 4) is 0 Å². The van der Waals surface area contributed by atoms with E-state index in [0.717, 1.165) is 0 Å². The fourth-order valence-electron chi connectivity index (χ4n) is 1.43. The minimum atomic E-state index is -3.71. The number of hydrogen-bond donors (Lipinski definition) is 3. The van der Waals surface area contributed by atoms with E-state index in [9.17, 15) is 18.3 Å². The lowest BCUT2D eigenvalue weighted by atomic mass is 10.1. The van der Waals surface area contributed by atoms with Gasteiger partial charge in [0.1, 0.15) is 0 Å². The summed E-state index contributed by atoms with van der Waals surface area (Å²) in [6.07, 6.45) is -0.653. The summed E-state index contributed by atoms with van der Waals surface area (Å²) >= 11 is 0. The molecule has 0 spiro atoms. The maximum atomic E-state index is 11.9. The van der Waals surface area contributed by atoms with Crippen LogP contribution in [0.4, 0.5) is 0 Å². The lowest BCUT2D eigenvalue weighted by molar-refractivity contribution is -0.119. The molecule has 0 radical (unpaired) electrons. The predicted octanol–water partition coefficient (Wildman–Crippen LogP) is 0.154. The monoisotopic (exact) mass is 286 g/mol. The van der Waals surface area contributed by atoms with Crippen molar-refractivity contribution in [2.24, 2.45) is 0 Å². The number of sulfonamides is 1. The van der Waals surface area contributed by atoms with Gasteiger partial charge in [0, 0.05) is 6.54 Å². The molecule has 1 aromatic carbocycles. The molecular weight excluding hydrogens is 268 g/mol. The molecule has 0 fully saturated rings. The number of likely N-dealkylation sites (N-methyl/N-ethyl adjacent to an activating group) is 1. The van der Waals surface area contributed by atoms with Crippen LogP contribution in [0.2, 0.25) is 0 Å². The van der Waals surface area contributed by atoms with Crippen molar-refractivity contribution in [2.75, 3.05) is 13.1 Å². The number of hydrogen-bond acceptors (Lipinski definition) is 4. The molecule has 0 saturated carbocycles. The van der Waals surface area contributed by atoms with E-state index in [4.69, 9.17) is 0 Å². The van der Waals surface area contributed by atoms with E-state index < -0.39 is 16.1 Å². The van der Waals surface area contributed by atoms with Crippen LogP contribution in [-0.4, -0.2) is 32.5 Å². The van der Waals surface area contributed by atoms with Gasteiger partial charge in [-0.25, -0.2) is 13.1 Å². The average Bonchev–Trinajstić information content (AvgIpc) is 2.37. The van der Waals surface area contributed by atoms with Crippen LogP contribution in [0.1, 0.15) is 25.5 Å². The van der Waals surface area contributed by atoms with Crippen molar-refractivity contribution in [3.05, 3.63) is 29.8 Å². The smallest absolute Gasteiger partial charge is 0.241 e. The lowest BCUT2D eigenvalue weighted by Crippen LogP contribution is -2.36. The van der Waals surface area contributed by atoms with Gasteiger partial charge in [0.25, 0.3) is 0 Å². The number of benzene rings is 1. The zero-order chi connectivity index (χ0) is 14.5. The van der Waals surface area contributed by atoms with Crippen LogP contribution < -0.4 is 10.0 Å². The van der Waals surface area contributed by atoms with Crippen molar-refractivity contribution < 1.29 is 18.3 Å². The summed E-state index contributed by atoms with van der Waals surface area (Å²) in [6, 6.07) is 5.85. The predicted molar refractivity (Wildman–Crippen MR) is 70.9 cm³/mol. The number of aliphatic hydroxyl groups excluding tert-OH is 1. The largest absolute Gasteiger partial charge is 0.389 e. The lowest BCUT2D eigenvalue weighted by Gasteiger charge is -2.08. The summed E-state index contributed by atoms with van der Waals surface area (Å²) in [7, 11) is -3.71. The Balaban J connectivity index is 2.74. The number of rotatable bonds is 6. The summed E-state index contributed by atoms with van der Waals surface area (Å²) in [4.78, 5) is 11.3. The maximum Gasteiger partial charge on any atom is 0.241 e. The highest BCUT2D eigenvalue weighted by atomic mass is 32.2. The molecule has 7 heteroatoms. The molecular formula is C12H18N2O4S. The molecule has 1 atom stereocenters. The van der Waals surface area contributed by atoms with Crippen LogP contribution in [0.25, 0.3) is 0 Å². The summed E-state index contributed by atoms with van der Waals surface area (Å²) in [6.45, 7) is 3.50. The van der Waals surface area contributed by atoms with E-state index in [0.29, 0.717) is 12.1 Å². The van der Waals surface area contributed by atoms with E-state index in [1.165, 1.54) is 24.3 Å². The van der Waals surface area contributed by atoms with Crippen LogP contribution in [0.3, 0.4) is 0 Å². The normalized spacial score (nSPS) is 13.0. The first-order valence-corrected chi connectivity index (χ1v) is 7.39. The highest BCUT2D eigenvalue weighted by Crippen LogP contribution is 2.15. The van der Waals surface area contributed by atoms with Crippen LogP contribution in [0, 0.1) is 0 Å². The Labute approximate surface area is 112 Å². The molecule has 0 aliphatic carbocycles. The summed E-state index contributed by atoms with van der Waals surface area (Å²) in [5, 5.41) is 11.8. The standard InChI is InChI=1S/C12H18N2O4S/c1-3-13-12(16)8-14-19(17,18)11-6-4-10(5-7-11)9(2)15/h4-7,9,14-15H,3,8H2,1-2H3,(H,13,16). The van der Waals surface area contributed by atoms with Gasteiger partial charge in [-0.2, -0.15) is 0 Å². The highest BCUT2D eigenvalue weighted by Gasteiger charge is 2.15. The van der Waals surface area contributed by atoms with Gasteiger partial charge in [0.05, 0.1) is 17.5 Å². The van der Waals surface area contributed by atoms with Crippen molar-refractivity contribution in [1.82, 2.24) is 10.0 Å². The van der Waals surface area contributed by atoms with E-state index in [-0.39, 0.29) is 17.3 Å². The first-order chi connectivity index (χ1) is 8.86. The van der Waals surface area contributed by atoms with Crippen LogP contribution in [-0.2, 0) is 14.8 Å². The van der Waals surface area contributed by atoms with E-state index in [1.807, 2.05) is 0 Å². The van der Waals surface area contributed by atoms with Gasteiger partial charge in [-0.1, -0.05) is 12.1 Å². The SMILES string of the molecule is CCNC(=O)CNS(=O)(=O)c1ccc(C(C)O)cc1. The van der Waals surface area contributed by atoms with Crippen LogP contribution in [0.5, 0.6) is 0 Å². The summed E-state index contributed by atoms with van der Waals surface area (Å²) in [5.74, 6) is -0.383. The van der Waals surface area contributed by atoms with E-state index in [1.54, 1.807) is 13.8 Å². The Morgan fingerprint density at radius 1 is 1.32 bits per heavy atom. The number of aliphatic hydroxyl groups is 1. The third-order valence-corrected chi connectivity index (χ3v) is 3.89. The first-order valence-electron chi connectivity index (χ1n) is 5.91. The van der Waals surface area contributed by atoms with E-state index >= 15 is 0 Å². The molecule has 19 heavy (non-hydrogen) atoms. The third kappa shape index (κ3) is 4.62. The van der Waals surface area contributed by atoms with Crippen LogP contribution >= 0.6 is 0 Å². The number of carbonyl (C=O) groups excluding carboxylic acids is 1. The Kier molecular flexibility index (Phi) is 5.46. The Hall–Kier alpha value is -1.44. The Morgan fingerprint density at radius 3 is 2.37 bits per heavy atom. The van der Waals surface area contributed by atoms with Gasteiger partial charge < -0.3 is 10.4 Å². The second-order valence-corrected chi connectivity index (χ2v) is 5.79. The zero-order valence-electron chi connectivity index (χ0n) is 10.9. The van der Waals surface area contributed by atoms with E-state index in [2.05, 4.69) is 10.0 Å². The van der Waals surface area contributed by atoms with Gasteiger partial charge in [0.15, 0.2) is 0 Å². The molecule has 1 amide bonds. The van der Waals surface area contributed by atoms with Gasteiger partial charge in [-0.15, -0.1) is 0 Å². The Bertz CT molecular complexity index is 523. The van der Waals surface area contributed by atoms with Crippen LogP contribution in [0.15, 0.2) is 29.2 Å². The fraction of sp³-hybridized carbons (Fsp3) is 0.417. The van der Waals surface area contributed by atoms with Gasteiger partial charge in [0.2, 0.25) is 15.9 Å². The molecule has 106 valence electrons. The highest BCUT2D eigenvalue weighted by molar-refractivity contribution is 7.89. The molecule has 6 nitrogen and oxygen atoms in total. The second kappa shape index (κ2) is 6.65. The Morgan fingerprint density at radius 2 is 1.89 bits per heavy atom. The molecule has 0 aromatic heterocycles. The minimum Gasteiger partial charge on any atom is -0.389 e. The topological polar surface area (TPSA) is 95.5 Å². The van der Waals surface area contributed by atoms with Crippen molar-refractivity contribution >= 4 is 15.9 Å². The van der Waals surface area contributed by atoms with Crippen molar-refractivity contribution in [2.45, 2.75) is 24.8 Å². The molecule has 0 aliphatic heterocycles. The van der Waals surface area contributed by atoms with Gasteiger partial charge >= 0.3 is 0 Å². The molecule has 0 aliphatic rings. The second-order valence-electron chi connectivity index (χ2n) is 4.02. The number of nitrogens with one attached hydrogen (secondary N) is 2. The molecule has 1 unspecified atom stereocenters. The average molecular weight is 286 g/mol.